The van der Waals surface area contributed by atoms with Gasteiger partial charge in [0.2, 0.25) is 5.88 Å². The minimum Gasteiger partial charge on any atom is -0.481 e. The van der Waals surface area contributed by atoms with E-state index < -0.39 is 0 Å². The predicted octanol–water partition coefficient (Wildman–Crippen LogP) is 5.45. The van der Waals surface area contributed by atoms with Crippen LogP contribution in [0.4, 0.5) is 11.4 Å². The van der Waals surface area contributed by atoms with Crippen LogP contribution < -0.4 is 9.64 Å². The Morgan fingerprint density at radius 1 is 0.793 bits per heavy atom. The maximum Gasteiger partial charge on any atom is 0.212 e. The van der Waals surface area contributed by atoms with Crippen LogP contribution in [0.3, 0.4) is 0 Å². The lowest BCUT2D eigenvalue weighted by atomic mass is 9.95. The van der Waals surface area contributed by atoms with E-state index in [1.165, 1.54) is 5.56 Å². The van der Waals surface area contributed by atoms with Gasteiger partial charge in [0.15, 0.2) is 0 Å². The van der Waals surface area contributed by atoms with Crippen LogP contribution in [0.2, 0.25) is 0 Å². The molecule has 29 heavy (non-hydrogen) atoms. The molecule has 0 aliphatic rings. The van der Waals surface area contributed by atoms with Crippen LogP contribution in [0.1, 0.15) is 18.5 Å². The Hall–Kier alpha value is -3.73. The van der Waals surface area contributed by atoms with E-state index in [9.17, 15) is 0 Å². The fraction of sp³-hybridized carbons (Fsp3) is 0.125. The maximum absolute atomic E-state index is 5.20. The lowest BCUT2D eigenvalue weighted by molar-refractivity contribution is 0.398. The zero-order valence-corrected chi connectivity index (χ0v) is 16.4. The normalized spacial score (nSPS) is 11.7. The number of nitrogens with zero attached hydrogens (tertiary/aromatic N) is 4. The number of rotatable bonds is 6. The summed E-state index contributed by atoms with van der Waals surface area (Å²) < 4.78 is 5.20. The Bertz CT molecular complexity index is 1010. The molecule has 0 saturated carbocycles. The van der Waals surface area contributed by atoms with Crippen LogP contribution in [0.15, 0.2) is 91.6 Å². The molecule has 0 bridgehead atoms. The minimum absolute atomic E-state index is 0.0432. The van der Waals surface area contributed by atoms with E-state index in [-0.39, 0.29) is 6.04 Å². The second kappa shape index (κ2) is 8.52. The van der Waals surface area contributed by atoms with Gasteiger partial charge in [0.1, 0.15) is 0 Å². The molecule has 5 heteroatoms. The summed E-state index contributed by atoms with van der Waals surface area (Å²) in [6.45, 7) is 2.19. The van der Waals surface area contributed by atoms with Gasteiger partial charge in [-0.3, -0.25) is 9.97 Å². The third-order valence-corrected chi connectivity index (χ3v) is 4.90. The number of aromatic nitrogens is 3. The van der Waals surface area contributed by atoms with Gasteiger partial charge >= 0.3 is 0 Å². The number of hydrogen-bond donors (Lipinski definition) is 0. The third-order valence-electron chi connectivity index (χ3n) is 4.90. The minimum atomic E-state index is 0.0432. The van der Waals surface area contributed by atoms with Crippen LogP contribution in [0, 0.1) is 0 Å². The average molecular weight is 382 g/mol. The molecule has 0 aliphatic carbocycles. The Balaban J connectivity index is 1.80. The molecule has 0 N–H and O–H groups in total. The summed E-state index contributed by atoms with van der Waals surface area (Å²) in [5, 5.41) is 0. The largest absolute Gasteiger partial charge is 0.481 e. The van der Waals surface area contributed by atoms with Crippen molar-refractivity contribution in [3.63, 3.8) is 0 Å². The fourth-order valence-corrected chi connectivity index (χ4v) is 3.51. The lowest BCUT2D eigenvalue weighted by Gasteiger charge is -2.32. The molecule has 3 aromatic heterocycles. The smallest absolute Gasteiger partial charge is 0.212 e. The fourth-order valence-electron chi connectivity index (χ4n) is 3.51. The Labute approximate surface area is 170 Å². The second-order valence-corrected chi connectivity index (χ2v) is 6.64. The monoisotopic (exact) mass is 382 g/mol. The van der Waals surface area contributed by atoms with Crippen molar-refractivity contribution in [2.75, 3.05) is 12.0 Å². The van der Waals surface area contributed by atoms with Crippen LogP contribution in [-0.4, -0.2) is 22.1 Å². The maximum atomic E-state index is 5.20. The highest BCUT2D eigenvalue weighted by atomic mass is 16.5. The molecule has 4 rings (SSSR count). The summed E-state index contributed by atoms with van der Waals surface area (Å²) in [6, 6.07) is 20.4. The van der Waals surface area contributed by atoms with E-state index >= 15 is 0 Å². The van der Waals surface area contributed by atoms with Crippen LogP contribution in [0.25, 0.3) is 11.1 Å². The van der Waals surface area contributed by atoms with Gasteiger partial charge in [-0.2, -0.15) is 0 Å². The second-order valence-electron chi connectivity index (χ2n) is 6.64. The molecule has 0 spiro atoms. The van der Waals surface area contributed by atoms with Crippen molar-refractivity contribution in [2.24, 2.45) is 0 Å². The summed E-state index contributed by atoms with van der Waals surface area (Å²) in [5.41, 5.74) is 5.39. The van der Waals surface area contributed by atoms with Crippen molar-refractivity contribution in [2.45, 2.75) is 13.0 Å². The molecule has 0 saturated heterocycles. The molecule has 3 heterocycles. The van der Waals surface area contributed by atoms with Gasteiger partial charge < -0.3 is 9.64 Å². The standard InChI is InChI=1S/C24H22N4O/c1-18(28(20-7-5-13-25-16-20)21-8-6-14-26-17-21)22-9-3-4-10-23(22)19-11-12-24(29-2)27-15-19/h3-18H,1-2H3. The van der Waals surface area contributed by atoms with Crippen molar-refractivity contribution in [3.8, 4) is 17.0 Å². The first-order valence-corrected chi connectivity index (χ1v) is 9.46. The van der Waals surface area contributed by atoms with Crippen molar-refractivity contribution < 1.29 is 4.74 Å². The van der Waals surface area contributed by atoms with Gasteiger partial charge in [0.25, 0.3) is 0 Å². The highest BCUT2D eigenvalue weighted by Crippen LogP contribution is 2.38. The molecule has 4 aromatic rings. The van der Waals surface area contributed by atoms with E-state index in [0.29, 0.717) is 5.88 Å². The summed E-state index contributed by atoms with van der Waals surface area (Å²) in [6.07, 6.45) is 9.17. The predicted molar refractivity (Wildman–Crippen MR) is 115 cm³/mol. The summed E-state index contributed by atoms with van der Waals surface area (Å²) in [5.74, 6) is 0.603. The summed E-state index contributed by atoms with van der Waals surface area (Å²) >= 11 is 0. The van der Waals surface area contributed by atoms with Gasteiger partial charge in [0, 0.05) is 30.2 Å². The number of ether oxygens (including phenoxy) is 1. The molecule has 1 atom stereocenters. The molecule has 0 aliphatic heterocycles. The number of pyridine rings is 3. The lowest BCUT2D eigenvalue weighted by Crippen LogP contribution is -2.22. The van der Waals surface area contributed by atoms with Crippen molar-refractivity contribution in [3.05, 3.63) is 97.2 Å². The first kappa shape index (κ1) is 18.6. The summed E-state index contributed by atoms with van der Waals surface area (Å²) in [7, 11) is 1.62. The van der Waals surface area contributed by atoms with E-state index in [1.807, 2.05) is 48.9 Å². The molecule has 0 fully saturated rings. The van der Waals surface area contributed by atoms with Crippen molar-refractivity contribution >= 4 is 11.4 Å². The van der Waals surface area contributed by atoms with E-state index in [1.54, 1.807) is 19.5 Å². The Morgan fingerprint density at radius 3 is 2.03 bits per heavy atom. The van der Waals surface area contributed by atoms with Crippen LogP contribution >= 0.6 is 0 Å². The van der Waals surface area contributed by atoms with Crippen LogP contribution in [-0.2, 0) is 0 Å². The molecule has 144 valence electrons. The first-order chi connectivity index (χ1) is 14.3. The van der Waals surface area contributed by atoms with Gasteiger partial charge in [-0.15, -0.1) is 0 Å². The number of anilines is 2. The molecule has 0 amide bonds. The van der Waals surface area contributed by atoms with Gasteiger partial charge in [-0.1, -0.05) is 24.3 Å². The van der Waals surface area contributed by atoms with Crippen LogP contribution in [0.5, 0.6) is 5.88 Å². The molecular weight excluding hydrogens is 360 g/mol. The highest BCUT2D eigenvalue weighted by Gasteiger charge is 2.21. The van der Waals surface area contributed by atoms with Gasteiger partial charge in [0.05, 0.1) is 36.9 Å². The third kappa shape index (κ3) is 3.94. The van der Waals surface area contributed by atoms with Crippen molar-refractivity contribution in [1.29, 1.82) is 0 Å². The van der Waals surface area contributed by atoms with E-state index in [2.05, 4.69) is 57.1 Å². The molecule has 0 radical (unpaired) electrons. The first-order valence-electron chi connectivity index (χ1n) is 9.46. The van der Waals surface area contributed by atoms with Gasteiger partial charge in [-0.25, -0.2) is 4.98 Å². The topological polar surface area (TPSA) is 51.1 Å². The Kier molecular flexibility index (Phi) is 5.47. The van der Waals surface area contributed by atoms with E-state index in [0.717, 1.165) is 22.5 Å². The highest BCUT2D eigenvalue weighted by molar-refractivity contribution is 5.71. The average Bonchev–Trinajstić information content (AvgIpc) is 2.81. The SMILES string of the molecule is COc1ccc(-c2ccccc2C(C)N(c2cccnc2)c2cccnc2)cn1. The molecule has 1 unspecified atom stereocenters. The number of benzene rings is 1. The number of methoxy groups -OCH3 is 1. The van der Waals surface area contributed by atoms with Gasteiger partial charge in [-0.05, 0) is 48.4 Å². The number of hydrogen-bond acceptors (Lipinski definition) is 5. The zero-order valence-electron chi connectivity index (χ0n) is 16.4. The quantitative estimate of drug-likeness (QED) is 0.444. The molecule has 1 aromatic carbocycles. The van der Waals surface area contributed by atoms with Crippen molar-refractivity contribution in [1.82, 2.24) is 15.0 Å². The zero-order chi connectivity index (χ0) is 20.1. The molecule has 5 nitrogen and oxygen atoms in total. The summed E-state index contributed by atoms with van der Waals surface area (Å²) in [4.78, 5) is 15.3. The molecular formula is C24H22N4O. The Morgan fingerprint density at radius 2 is 1.48 bits per heavy atom. The van der Waals surface area contributed by atoms with E-state index in [4.69, 9.17) is 4.74 Å².